The molecule has 35 heavy (non-hydrogen) atoms. The molecule has 2 aromatic carbocycles. The Bertz CT molecular complexity index is 1030. The summed E-state index contributed by atoms with van der Waals surface area (Å²) in [5, 5.41) is 0.0188. The molecule has 0 N–H and O–H groups in total. The Balaban J connectivity index is 2.59. The van der Waals surface area contributed by atoms with Crippen LogP contribution in [0.25, 0.3) is 0 Å². The zero-order valence-corrected chi connectivity index (χ0v) is 26.3. The molecule has 2 rings (SSSR count). The van der Waals surface area contributed by atoms with Crippen LogP contribution >= 0.6 is 0 Å². The third kappa shape index (κ3) is 7.30. The molecular weight excluding hydrogens is 491 g/mol. The van der Waals surface area contributed by atoms with E-state index in [1.807, 2.05) is 43.3 Å². The summed E-state index contributed by atoms with van der Waals surface area (Å²) in [6.07, 6.45) is 1.63. The van der Waals surface area contributed by atoms with Crippen molar-refractivity contribution in [1.82, 2.24) is 0 Å². The number of aryl methyl sites for hydroxylation is 1. The monoisotopic (exact) mass is 533 g/mol. The Morgan fingerprint density at radius 2 is 1.26 bits per heavy atom. The molecule has 194 valence electrons. The van der Waals surface area contributed by atoms with Gasteiger partial charge in [0.15, 0.2) is 22.5 Å². The molecule has 0 saturated carbocycles. The van der Waals surface area contributed by atoms with Crippen molar-refractivity contribution in [3.8, 4) is 17.2 Å². The fraction of sp³-hybridized carbons (Fsp3) is 0.519. The molecular formula is C27H43NO4SSi2. The molecule has 8 heteroatoms. The first-order valence-corrected chi connectivity index (χ1v) is 18.9. The molecule has 5 nitrogen and oxygen atoms in total. The van der Waals surface area contributed by atoms with Gasteiger partial charge in [0.25, 0.3) is 16.6 Å². The highest BCUT2D eigenvalue weighted by molar-refractivity contribution is 7.83. The van der Waals surface area contributed by atoms with Crippen LogP contribution in [0.4, 0.5) is 0 Å². The summed E-state index contributed by atoms with van der Waals surface area (Å²) in [7, 11) is -4.19. The van der Waals surface area contributed by atoms with Crippen molar-refractivity contribution in [2.75, 3.05) is 7.11 Å². The van der Waals surface area contributed by atoms with Gasteiger partial charge in [-0.2, -0.15) is 4.40 Å². The topological polar surface area (TPSA) is 57.1 Å². The van der Waals surface area contributed by atoms with E-state index in [1.54, 1.807) is 13.3 Å². The first-order valence-electron chi connectivity index (χ1n) is 12.0. The third-order valence-electron chi connectivity index (χ3n) is 7.11. The van der Waals surface area contributed by atoms with Crippen molar-refractivity contribution in [2.45, 2.75) is 89.6 Å². The quantitative estimate of drug-likeness (QED) is 0.255. The predicted octanol–water partition coefficient (Wildman–Crippen LogP) is 7.91. The summed E-state index contributed by atoms with van der Waals surface area (Å²) in [6.45, 7) is 24.0. The van der Waals surface area contributed by atoms with Gasteiger partial charge in [0.2, 0.25) is 5.75 Å². The van der Waals surface area contributed by atoms with Gasteiger partial charge in [-0.15, -0.1) is 0 Å². The SMILES string of the molecule is COc1c(O[Si](C)(C)C(C)(C)C)cc(/C=N/[S@](=O)c2ccc(C)cc2)cc1O[Si](C)(C)C(C)(C)C. The summed E-state index contributed by atoms with van der Waals surface area (Å²) in [5.41, 5.74) is 1.87. The molecule has 0 aliphatic heterocycles. The average Bonchev–Trinajstić information content (AvgIpc) is 2.70. The van der Waals surface area contributed by atoms with Crippen LogP contribution in [0.15, 0.2) is 45.7 Å². The van der Waals surface area contributed by atoms with Crippen molar-refractivity contribution >= 4 is 33.8 Å². The molecule has 0 fully saturated rings. The number of methoxy groups -OCH3 is 1. The molecule has 1 atom stereocenters. The Hall–Kier alpha value is -1.91. The Morgan fingerprint density at radius 1 is 0.829 bits per heavy atom. The molecule has 0 aromatic heterocycles. The third-order valence-corrected chi connectivity index (χ3v) is 16.8. The van der Waals surface area contributed by atoms with Gasteiger partial charge in [-0.1, -0.05) is 59.2 Å². The van der Waals surface area contributed by atoms with Crippen LogP contribution in [0, 0.1) is 6.92 Å². The second-order valence-electron chi connectivity index (χ2n) is 12.1. The number of nitrogens with zero attached hydrogens (tertiary/aromatic N) is 1. The normalized spacial score (nSPS) is 14.2. The lowest BCUT2D eigenvalue weighted by atomic mass is 10.2. The maximum Gasteiger partial charge on any atom is 0.250 e. The summed E-state index contributed by atoms with van der Waals surface area (Å²) >= 11 is 0. The summed E-state index contributed by atoms with van der Waals surface area (Å²) in [5.74, 6) is 1.87. The minimum Gasteiger partial charge on any atom is -0.541 e. The van der Waals surface area contributed by atoms with Crippen molar-refractivity contribution in [1.29, 1.82) is 0 Å². The fourth-order valence-electron chi connectivity index (χ4n) is 2.70. The molecule has 0 heterocycles. The van der Waals surface area contributed by atoms with E-state index in [1.165, 1.54) is 0 Å². The highest BCUT2D eigenvalue weighted by Gasteiger charge is 2.42. The van der Waals surface area contributed by atoms with Crippen molar-refractivity contribution in [3.63, 3.8) is 0 Å². The molecule has 2 aromatic rings. The van der Waals surface area contributed by atoms with Crippen LogP contribution in [0.1, 0.15) is 52.7 Å². The van der Waals surface area contributed by atoms with Crippen LogP contribution in [-0.4, -0.2) is 34.2 Å². The van der Waals surface area contributed by atoms with Crippen LogP contribution < -0.4 is 13.6 Å². The van der Waals surface area contributed by atoms with Gasteiger partial charge in [-0.25, -0.2) is 4.21 Å². The van der Waals surface area contributed by atoms with E-state index in [0.29, 0.717) is 22.1 Å². The van der Waals surface area contributed by atoms with Gasteiger partial charge in [0.1, 0.15) is 0 Å². The maximum atomic E-state index is 12.8. The average molecular weight is 534 g/mol. The van der Waals surface area contributed by atoms with E-state index in [0.717, 1.165) is 11.1 Å². The number of rotatable bonds is 8. The first-order chi connectivity index (χ1) is 15.9. The molecule has 0 radical (unpaired) electrons. The van der Waals surface area contributed by atoms with Crippen LogP contribution in [0.3, 0.4) is 0 Å². The number of ether oxygens (including phenoxy) is 1. The molecule has 0 spiro atoms. The lowest BCUT2D eigenvalue weighted by Gasteiger charge is -2.38. The summed E-state index contributed by atoms with van der Waals surface area (Å²) < 4.78 is 36.3. The van der Waals surface area contributed by atoms with E-state index < -0.39 is 27.6 Å². The lowest BCUT2D eigenvalue weighted by Crippen LogP contribution is -2.44. The highest BCUT2D eigenvalue weighted by Crippen LogP contribution is 2.46. The summed E-state index contributed by atoms with van der Waals surface area (Å²) in [4.78, 5) is 0.663. The fourth-order valence-corrected chi connectivity index (χ4v) is 5.43. The standard InChI is InChI=1S/C27H43NO4SSi2/c1-20-13-15-22(16-14-20)33(29)28-19-21-17-23(31-34(9,10)26(2,3)4)25(30-8)24(18-21)32-35(11,12)27(5,6)7/h13-19H,1-12H3/b28-19+/t33-/m1/s1. The van der Waals surface area contributed by atoms with Crippen LogP contribution in [0.5, 0.6) is 17.2 Å². The lowest BCUT2D eigenvalue weighted by molar-refractivity contribution is 0.363. The van der Waals surface area contributed by atoms with E-state index in [9.17, 15) is 4.21 Å². The summed E-state index contributed by atoms with van der Waals surface area (Å²) in [6, 6.07) is 11.4. The van der Waals surface area contributed by atoms with Crippen LogP contribution in [-0.2, 0) is 11.0 Å². The minimum atomic E-state index is -2.17. The molecule has 0 unspecified atom stereocenters. The predicted molar refractivity (Wildman–Crippen MR) is 154 cm³/mol. The first kappa shape index (κ1) is 29.3. The second-order valence-corrected chi connectivity index (χ2v) is 22.7. The largest absolute Gasteiger partial charge is 0.541 e. The van der Waals surface area contributed by atoms with E-state index in [-0.39, 0.29) is 10.1 Å². The van der Waals surface area contributed by atoms with E-state index in [4.69, 9.17) is 13.6 Å². The van der Waals surface area contributed by atoms with Gasteiger partial charge in [0, 0.05) is 11.8 Å². The molecule has 0 aliphatic rings. The molecule has 0 aliphatic carbocycles. The second kappa shape index (κ2) is 10.6. The Labute approximate surface area is 217 Å². The minimum absolute atomic E-state index is 0.00942. The van der Waals surface area contributed by atoms with E-state index >= 15 is 0 Å². The number of benzene rings is 2. The maximum absolute atomic E-state index is 12.8. The number of hydrogen-bond donors (Lipinski definition) is 0. The zero-order chi connectivity index (χ0) is 26.8. The molecule has 0 amide bonds. The van der Waals surface area contributed by atoms with Gasteiger partial charge >= 0.3 is 0 Å². The van der Waals surface area contributed by atoms with Gasteiger partial charge in [0.05, 0.1) is 12.0 Å². The van der Waals surface area contributed by atoms with Gasteiger partial charge in [-0.05, 0) is 67.5 Å². The Kier molecular flexibility index (Phi) is 8.88. The van der Waals surface area contributed by atoms with Gasteiger partial charge in [-0.3, -0.25) is 0 Å². The zero-order valence-electron chi connectivity index (χ0n) is 23.5. The van der Waals surface area contributed by atoms with E-state index in [2.05, 4.69) is 72.1 Å². The smallest absolute Gasteiger partial charge is 0.250 e. The number of hydrogen-bond acceptors (Lipinski definition) is 4. The molecule has 0 saturated heterocycles. The highest BCUT2D eigenvalue weighted by atomic mass is 32.2. The van der Waals surface area contributed by atoms with Gasteiger partial charge < -0.3 is 13.6 Å². The Morgan fingerprint density at radius 3 is 1.63 bits per heavy atom. The van der Waals surface area contributed by atoms with Crippen molar-refractivity contribution in [3.05, 3.63) is 47.5 Å². The van der Waals surface area contributed by atoms with Crippen molar-refractivity contribution < 1.29 is 17.8 Å². The van der Waals surface area contributed by atoms with Crippen LogP contribution in [0.2, 0.25) is 36.3 Å². The van der Waals surface area contributed by atoms with Crippen molar-refractivity contribution in [2.24, 2.45) is 4.40 Å². The molecule has 0 bridgehead atoms.